The monoisotopic (exact) mass is 370 g/mol. The Hall–Kier alpha value is -3.35. The fourth-order valence-electron chi connectivity index (χ4n) is 2.45. The molecule has 0 atom stereocenters. The van der Waals surface area contributed by atoms with Crippen LogP contribution in [-0.2, 0) is 16.0 Å². The van der Waals surface area contributed by atoms with Crippen molar-refractivity contribution in [1.82, 2.24) is 5.32 Å². The smallest absolute Gasteiger partial charge is 0.305 e. The van der Waals surface area contributed by atoms with E-state index in [1.165, 1.54) is 0 Å². The molecule has 27 heavy (non-hydrogen) atoms. The highest BCUT2D eigenvalue weighted by Crippen LogP contribution is 2.19. The van der Waals surface area contributed by atoms with E-state index in [4.69, 9.17) is 9.84 Å². The maximum Gasteiger partial charge on any atom is 0.305 e. The molecule has 0 saturated carbocycles. The fourth-order valence-corrected chi connectivity index (χ4v) is 2.45. The quantitative estimate of drug-likeness (QED) is 0.662. The van der Waals surface area contributed by atoms with Gasteiger partial charge in [-0.15, -0.1) is 0 Å². The minimum absolute atomic E-state index is 0.0622. The Morgan fingerprint density at radius 2 is 1.78 bits per heavy atom. The zero-order valence-electron chi connectivity index (χ0n) is 15.2. The van der Waals surface area contributed by atoms with E-state index in [2.05, 4.69) is 10.6 Å². The van der Waals surface area contributed by atoms with Crippen LogP contribution in [0.1, 0.15) is 27.9 Å². The third-order valence-corrected chi connectivity index (χ3v) is 3.89. The Morgan fingerprint density at radius 3 is 2.41 bits per heavy atom. The number of aliphatic carboxylic acids is 1. The van der Waals surface area contributed by atoms with Gasteiger partial charge in [-0.2, -0.15) is 0 Å². The third kappa shape index (κ3) is 6.14. The van der Waals surface area contributed by atoms with Crippen molar-refractivity contribution in [1.29, 1.82) is 0 Å². The van der Waals surface area contributed by atoms with E-state index in [0.29, 0.717) is 11.3 Å². The summed E-state index contributed by atoms with van der Waals surface area (Å²) in [5.41, 5.74) is 2.80. The van der Waals surface area contributed by atoms with Gasteiger partial charge in [-0.3, -0.25) is 14.4 Å². The predicted octanol–water partition coefficient (Wildman–Crippen LogP) is 2.39. The Bertz CT molecular complexity index is 831. The second-order valence-electron chi connectivity index (χ2n) is 6.01. The molecule has 7 heteroatoms. The molecule has 0 aliphatic heterocycles. The van der Waals surface area contributed by atoms with Gasteiger partial charge in [0.15, 0.2) is 0 Å². The molecule has 7 nitrogen and oxygen atoms in total. The number of amides is 2. The highest BCUT2D eigenvalue weighted by Gasteiger charge is 2.09. The summed E-state index contributed by atoms with van der Waals surface area (Å²) in [4.78, 5) is 34.5. The van der Waals surface area contributed by atoms with Crippen molar-refractivity contribution in [2.45, 2.75) is 19.8 Å². The van der Waals surface area contributed by atoms with Crippen molar-refractivity contribution in [3.63, 3.8) is 0 Å². The molecular weight excluding hydrogens is 348 g/mol. The van der Waals surface area contributed by atoms with Gasteiger partial charge in [0.1, 0.15) is 5.75 Å². The van der Waals surface area contributed by atoms with Crippen LogP contribution in [-0.4, -0.2) is 36.5 Å². The third-order valence-electron chi connectivity index (χ3n) is 3.89. The lowest BCUT2D eigenvalue weighted by Crippen LogP contribution is -2.26. The summed E-state index contributed by atoms with van der Waals surface area (Å²) in [6.45, 7) is 1.99. The molecule has 2 aromatic carbocycles. The molecule has 3 N–H and O–H groups in total. The number of nitrogens with one attached hydrogen (secondary N) is 2. The van der Waals surface area contributed by atoms with Crippen LogP contribution in [0, 0.1) is 6.92 Å². The van der Waals surface area contributed by atoms with E-state index in [9.17, 15) is 14.4 Å². The predicted molar refractivity (Wildman–Crippen MR) is 101 cm³/mol. The average molecular weight is 370 g/mol. The number of ether oxygens (including phenoxy) is 1. The summed E-state index contributed by atoms with van der Waals surface area (Å²) >= 11 is 0. The number of carboxylic acid groups (broad SMARTS) is 1. The molecule has 0 aromatic heterocycles. The maximum atomic E-state index is 12.2. The lowest BCUT2D eigenvalue weighted by Gasteiger charge is -2.09. The average Bonchev–Trinajstić information content (AvgIpc) is 2.63. The van der Waals surface area contributed by atoms with Crippen molar-refractivity contribution < 1.29 is 24.2 Å². The topological polar surface area (TPSA) is 105 Å². The lowest BCUT2D eigenvalue weighted by molar-refractivity contribution is -0.136. The first kappa shape index (κ1) is 20.0. The molecule has 0 aliphatic carbocycles. The lowest BCUT2D eigenvalue weighted by atomic mass is 10.1. The fraction of sp³-hybridized carbons (Fsp3) is 0.250. The number of aryl methyl sites for hydroxylation is 1. The number of carboxylic acids is 1. The molecule has 0 aliphatic rings. The maximum absolute atomic E-state index is 12.2. The van der Waals surface area contributed by atoms with Gasteiger partial charge in [-0.05, 0) is 48.4 Å². The second-order valence-corrected chi connectivity index (χ2v) is 6.01. The van der Waals surface area contributed by atoms with E-state index >= 15 is 0 Å². The van der Waals surface area contributed by atoms with E-state index in [-0.39, 0.29) is 31.2 Å². The largest absolute Gasteiger partial charge is 0.496 e. The van der Waals surface area contributed by atoms with Crippen molar-refractivity contribution in [2.75, 3.05) is 19.0 Å². The minimum Gasteiger partial charge on any atom is -0.496 e. The van der Waals surface area contributed by atoms with Crippen molar-refractivity contribution in [2.24, 2.45) is 0 Å². The van der Waals surface area contributed by atoms with Gasteiger partial charge in [0.25, 0.3) is 5.91 Å². The van der Waals surface area contributed by atoms with E-state index < -0.39 is 5.97 Å². The summed E-state index contributed by atoms with van der Waals surface area (Å²) < 4.78 is 5.26. The van der Waals surface area contributed by atoms with Gasteiger partial charge in [-0.1, -0.05) is 12.1 Å². The number of methoxy groups -OCH3 is 1. The number of carbonyl (C=O) groups excluding carboxylic acids is 2. The van der Waals surface area contributed by atoms with E-state index in [1.54, 1.807) is 31.4 Å². The van der Waals surface area contributed by atoms with Crippen LogP contribution in [0.3, 0.4) is 0 Å². The first-order valence-electron chi connectivity index (χ1n) is 8.42. The molecule has 2 rings (SSSR count). The van der Waals surface area contributed by atoms with E-state index in [0.717, 1.165) is 16.9 Å². The van der Waals surface area contributed by atoms with Gasteiger partial charge in [-0.25, -0.2) is 0 Å². The van der Waals surface area contributed by atoms with Crippen LogP contribution in [0.5, 0.6) is 5.75 Å². The Balaban J connectivity index is 1.91. The van der Waals surface area contributed by atoms with E-state index in [1.807, 2.05) is 25.1 Å². The molecular formula is C20H22N2O5. The van der Waals surface area contributed by atoms with Crippen LogP contribution < -0.4 is 15.4 Å². The number of rotatable bonds is 8. The summed E-state index contributed by atoms with van der Waals surface area (Å²) in [6.07, 6.45) is 0.0672. The van der Waals surface area contributed by atoms with Crippen LogP contribution in [0.4, 0.5) is 5.69 Å². The van der Waals surface area contributed by atoms with Gasteiger partial charge in [0, 0.05) is 17.8 Å². The number of benzene rings is 2. The van der Waals surface area contributed by atoms with Crippen molar-refractivity contribution in [3.05, 3.63) is 59.2 Å². The molecule has 0 bridgehead atoms. The zero-order valence-corrected chi connectivity index (χ0v) is 15.2. The number of hydrogen-bond acceptors (Lipinski definition) is 4. The molecule has 142 valence electrons. The zero-order chi connectivity index (χ0) is 19.8. The highest BCUT2D eigenvalue weighted by atomic mass is 16.5. The van der Waals surface area contributed by atoms with Crippen LogP contribution in [0.2, 0.25) is 0 Å². The minimum atomic E-state index is -0.973. The SMILES string of the molecule is COc1cc(CC(=O)Nc2ccc(C(=O)NCCC(=O)O)cc2)ccc1C. The molecule has 0 heterocycles. The number of hydrogen-bond donors (Lipinski definition) is 3. The number of carbonyl (C=O) groups is 3. The Labute approximate surface area is 157 Å². The van der Waals surface area contributed by atoms with Gasteiger partial charge >= 0.3 is 5.97 Å². The summed E-state index contributed by atoms with van der Waals surface area (Å²) in [5, 5.41) is 13.9. The Kier molecular flexibility index (Phi) is 6.93. The van der Waals surface area contributed by atoms with Crippen molar-refractivity contribution in [3.8, 4) is 5.75 Å². The van der Waals surface area contributed by atoms with Gasteiger partial charge < -0.3 is 20.5 Å². The van der Waals surface area contributed by atoms with Crippen molar-refractivity contribution >= 4 is 23.5 Å². The summed E-state index contributed by atoms with van der Waals surface area (Å²) in [6, 6.07) is 12.0. The van der Waals surface area contributed by atoms with Gasteiger partial charge in [0.05, 0.1) is 20.0 Å². The normalized spacial score (nSPS) is 10.1. The summed E-state index contributed by atoms with van der Waals surface area (Å²) in [7, 11) is 1.59. The molecule has 0 spiro atoms. The molecule has 0 unspecified atom stereocenters. The van der Waals surface area contributed by atoms with Crippen LogP contribution >= 0.6 is 0 Å². The summed E-state index contributed by atoms with van der Waals surface area (Å²) in [5.74, 6) is -0.779. The second kappa shape index (κ2) is 9.38. The first-order chi connectivity index (χ1) is 12.9. The first-order valence-corrected chi connectivity index (χ1v) is 8.42. The highest BCUT2D eigenvalue weighted by molar-refractivity contribution is 5.96. The molecule has 2 amide bonds. The molecule has 0 radical (unpaired) electrons. The van der Waals surface area contributed by atoms with Gasteiger partial charge in [0.2, 0.25) is 5.91 Å². The number of anilines is 1. The van der Waals surface area contributed by atoms with Crippen LogP contribution in [0.25, 0.3) is 0 Å². The standard InChI is InChI=1S/C20H22N2O5/c1-13-3-4-14(11-17(13)27-2)12-18(23)22-16-7-5-15(6-8-16)20(26)21-10-9-19(24)25/h3-8,11H,9-10,12H2,1-2H3,(H,21,26)(H,22,23)(H,24,25). The molecule has 0 fully saturated rings. The molecule has 0 saturated heterocycles. The van der Waals surface area contributed by atoms with Crippen LogP contribution in [0.15, 0.2) is 42.5 Å². The Morgan fingerprint density at radius 1 is 1.07 bits per heavy atom. The molecule has 2 aromatic rings.